The number of nitrogens with zero attached hydrogens (tertiary/aromatic N) is 5. The third-order valence-corrected chi connectivity index (χ3v) is 10.7. The molecule has 55 heavy (non-hydrogen) atoms. The Hall–Kier alpha value is -7.50. The minimum atomic E-state index is 0.819. The zero-order chi connectivity index (χ0) is 36.3. The standard InChI is InChI=1S/C50H33N5/c1-4-18-34(19-5-1)48-49(35-20-6-2-7-21-35)53(50(52-48)36-22-8-3-9-23-36)37-32-46(54-42-28-14-10-24-38(42)39-25-11-15-29-43(39)54)51-47(33-37)55-44-30-16-12-26-40(44)41-27-13-17-31-45(41)55/h1-33H. The number of pyridine rings is 1. The Morgan fingerprint density at radius 2 is 0.673 bits per heavy atom. The van der Waals surface area contributed by atoms with Gasteiger partial charge in [0.1, 0.15) is 17.5 Å². The van der Waals surface area contributed by atoms with Crippen LogP contribution in [0.25, 0.3) is 94.8 Å². The van der Waals surface area contributed by atoms with Crippen molar-refractivity contribution in [1.29, 1.82) is 0 Å². The maximum Gasteiger partial charge on any atom is 0.145 e. The summed E-state index contributed by atoms with van der Waals surface area (Å²) < 4.78 is 6.96. The summed E-state index contributed by atoms with van der Waals surface area (Å²) in [6.45, 7) is 0. The highest BCUT2D eigenvalue weighted by molar-refractivity contribution is 6.10. The summed E-state index contributed by atoms with van der Waals surface area (Å²) in [5, 5.41) is 4.75. The fourth-order valence-electron chi connectivity index (χ4n) is 8.30. The second-order valence-corrected chi connectivity index (χ2v) is 13.8. The molecule has 4 heterocycles. The lowest BCUT2D eigenvalue weighted by Crippen LogP contribution is -2.08. The lowest BCUT2D eigenvalue weighted by molar-refractivity contribution is 0.983. The van der Waals surface area contributed by atoms with Crippen LogP contribution in [-0.2, 0) is 0 Å². The van der Waals surface area contributed by atoms with Gasteiger partial charge in [0.2, 0.25) is 0 Å². The summed E-state index contributed by atoms with van der Waals surface area (Å²) in [6.07, 6.45) is 0. The zero-order valence-corrected chi connectivity index (χ0v) is 29.8. The highest BCUT2D eigenvalue weighted by Crippen LogP contribution is 2.41. The van der Waals surface area contributed by atoms with Gasteiger partial charge < -0.3 is 0 Å². The minimum absolute atomic E-state index is 0.819. The summed E-state index contributed by atoms with van der Waals surface area (Å²) in [7, 11) is 0. The van der Waals surface area contributed by atoms with E-state index >= 15 is 0 Å². The highest BCUT2D eigenvalue weighted by atomic mass is 15.2. The van der Waals surface area contributed by atoms with E-state index in [-0.39, 0.29) is 0 Å². The van der Waals surface area contributed by atoms with Crippen molar-refractivity contribution in [3.63, 3.8) is 0 Å². The van der Waals surface area contributed by atoms with Crippen LogP contribution in [0.15, 0.2) is 200 Å². The molecule has 11 rings (SSSR count). The average molecular weight is 704 g/mol. The maximum atomic E-state index is 5.61. The summed E-state index contributed by atoms with van der Waals surface area (Å²) in [6, 6.07) is 70.6. The van der Waals surface area contributed by atoms with Crippen molar-refractivity contribution in [2.75, 3.05) is 0 Å². The van der Waals surface area contributed by atoms with Gasteiger partial charge in [0.05, 0.1) is 39.1 Å². The van der Waals surface area contributed by atoms with E-state index in [2.05, 4.69) is 214 Å². The topological polar surface area (TPSA) is 40.6 Å². The lowest BCUT2D eigenvalue weighted by Gasteiger charge is -2.18. The Bertz CT molecular complexity index is 2950. The van der Waals surface area contributed by atoms with E-state index in [0.29, 0.717) is 0 Å². The van der Waals surface area contributed by atoms with E-state index < -0.39 is 0 Å². The number of aromatic nitrogens is 5. The quantitative estimate of drug-likeness (QED) is 0.173. The maximum absolute atomic E-state index is 5.61. The van der Waals surface area contributed by atoms with Gasteiger partial charge in [0.25, 0.3) is 0 Å². The molecule has 0 radical (unpaired) electrons. The number of fused-ring (bicyclic) bond motifs is 6. The molecule has 0 amide bonds. The smallest absolute Gasteiger partial charge is 0.145 e. The molecule has 0 unspecified atom stereocenters. The Balaban J connectivity index is 1.31. The molecule has 0 atom stereocenters. The van der Waals surface area contributed by atoms with Crippen molar-refractivity contribution < 1.29 is 0 Å². The molecule has 0 aliphatic heterocycles. The fraction of sp³-hybridized carbons (Fsp3) is 0. The molecule has 11 aromatic rings. The van der Waals surface area contributed by atoms with Crippen LogP contribution in [0.5, 0.6) is 0 Å². The molecule has 7 aromatic carbocycles. The first kappa shape index (κ1) is 31.1. The van der Waals surface area contributed by atoms with Crippen molar-refractivity contribution in [1.82, 2.24) is 23.7 Å². The van der Waals surface area contributed by atoms with Crippen LogP contribution in [0.2, 0.25) is 0 Å². The van der Waals surface area contributed by atoms with Crippen molar-refractivity contribution >= 4 is 43.6 Å². The van der Waals surface area contributed by atoms with Crippen LogP contribution in [0.4, 0.5) is 0 Å². The van der Waals surface area contributed by atoms with Gasteiger partial charge in [-0.1, -0.05) is 164 Å². The first-order chi connectivity index (χ1) is 27.3. The predicted octanol–water partition coefficient (Wildman–Crippen LogP) is 12.5. The zero-order valence-electron chi connectivity index (χ0n) is 29.8. The summed E-state index contributed by atoms with van der Waals surface area (Å²) in [5.41, 5.74) is 10.4. The van der Waals surface area contributed by atoms with E-state index in [1.165, 1.54) is 21.5 Å². The molecule has 4 aromatic heterocycles. The van der Waals surface area contributed by atoms with Crippen molar-refractivity contribution in [3.05, 3.63) is 200 Å². The van der Waals surface area contributed by atoms with Gasteiger partial charge in [-0.25, -0.2) is 9.97 Å². The third-order valence-electron chi connectivity index (χ3n) is 10.7. The second-order valence-electron chi connectivity index (χ2n) is 13.8. The van der Waals surface area contributed by atoms with E-state index in [9.17, 15) is 0 Å². The van der Waals surface area contributed by atoms with E-state index in [1.54, 1.807) is 0 Å². The van der Waals surface area contributed by atoms with E-state index in [1.807, 2.05) is 0 Å². The van der Waals surface area contributed by atoms with Crippen molar-refractivity contribution in [2.45, 2.75) is 0 Å². The van der Waals surface area contributed by atoms with Gasteiger partial charge in [-0.3, -0.25) is 13.7 Å². The molecule has 0 spiro atoms. The third kappa shape index (κ3) is 4.94. The molecular formula is C50H33N5. The van der Waals surface area contributed by atoms with Gasteiger partial charge in [0, 0.05) is 50.4 Å². The molecule has 0 fully saturated rings. The van der Waals surface area contributed by atoms with Crippen LogP contribution in [-0.4, -0.2) is 23.7 Å². The molecule has 0 aliphatic rings. The predicted molar refractivity (Wildman–Crippen MR) is 226 cm³/mol. The average Bonchev–Trinajstić information content (AvgIpc) is 3.93. The molecule has 258 valence electrons. The van der Waals surface area contributed by atoms with Crippen LogP contribution in [0.3, 0.4) is 0 Å². The summed E-state index contributed by atoms with van der Waals surface area (Å²) in [4.78, 5) is 11.1. The fourth-order valence-corrected chi connectivity index (χ4v) is 8.30. The Morgan fingerprint density at radius 3 is 1.11 bits per heavy atom. The normalized spacial score (nSPS) is 11.6. The van der Waals surface area contributed by atoms with Gasteiger partial charge in [-0.15, -0.1) is 0 Å². The van der Waals surface area contributed by atoms with Gasteiger partial charge in [-0.2, -0.15) is 0 Å². The second kappa shape index (κ2) is 12.6. The minimum Gasteiger partial charge on any atom is -0.294 e. The lowest BCUT2D eigenvalue weighted by atomic mass is 10.0. The Morgan fingerprint density at radius 1 is 0.309 bits per heavy atom. The van der Waals surface area contributed by atoms with Crippen LogP contribution in [0.1, 0.15) is 0 Å². The monoisotopic (exact) mass is 703 g/mol. The number of para-hydroxylation sites is 4. The number of benzene rings is 7. The SMILES string of the molecule is c1ccc(-c2nc(-c3ccccc3)n(-c3cc(-n4c5ccccc5c5ccccc54)nc(-n4c5ccccc5c5ccccc54)c3)c2-c2ccccc2)cc1. The van der Waals surface area contributed by atoms with Gasteiger partial charge in [0.15, 0.2) is 0 Å². The van der Waals surface area contributed by atoms with Crippen LogP contribution in [0, 0.1) is 0 Å². The molecule has 0 bridgehead atoms. The van der Waals surface area contributed by atoms with Gasteiger partial charge >= 0.3 is 0 Å². The molecule has 0 N–H and O–H groups in total. The number of rotatable bonds is 6. The molecule has 5 nitrogen and oxygen atoms in total. The number of hydrogen-bond acceptors (Lipinski definition) is 2. The van der Waals surface area contributed by atoms with E-state index in [4.69, 9.17) is 9.97 Å². The summed E-state index contributed by atoms with van der Waals surface area (Å²) in [5.74, 6) is 2.49. The van der Waals surface area contributed by atoms with E-state index in [0.717, 1.165) is 73.3 Å². The molecular weight excluding hydrogens is 671 g/mol. The first-order valence-corrected chi connectivity index (χ1v) is 18.6. The number of hydrogen-bond donors (Lipinski definition) is 0. The first-order valence-electron chi connectivity index (χ1n) is 18.6. The highest BCUT2D eigenvalue weighted by Gasteiger charge is 2.25. The largest absolute Gasteiger partial charge is 0.294 e. The van der Waals surface area contributed by atoms with Crippen LogP contribution >= 0.6 is 0 Å². The van der Waals surface area contributed by atoms with Crippen molar-refractivity contribution in [2.24, 2.45) is 0 Å². The Kier molecular flexibility index (Phi) is 7.10. The summed E-state index contributed by atoms with van der Waals surface area (Å²) >= 11 is 0. The molecule has 0 saturated carbocycles. The number of imidazole rings is 1. The van der Waals surface area contributed by atoms with Crippen molar-refractivity contribution in [3.8, 4) is 51.2 Å². The molecule has 0 aliphatic carbocycles. The molecule has 5 heteroatoms. The molecule has 0 saturated heterocycles. The van der Waals surface area contributed by atoms with Crippen LogP contribution < -0.4 is 0 Å². The van der Waals surface area contributed by atoms with Gasteiger partial charge in [-0.05, 0) is 24.3 Å². The Labute approximate surface area is 317 Å².